The molecule has 0 aliphatic heterocycles. The number of aromatic nitrogens is 1. The second-order valence-corrected chi connectivity index (χ2v) is 10.6. The molecule has 2 aromatic heterocycles. The van der Waals surface area contributed by atoms with Gasteiger partial charge in [-0.1, -0.05) is 37.5 Å². The van der Waals surface area contributed by atoms with Gasteiger partial charge in [0.25, 0.3) is 10.0 Å². The number of halogens is 1. The number of fused-ring (bicyclic) bond motifs is 1. The van der Waals surface area contributed by atoms with Gasteiger partial charge in [0.15, 0.2) is 0 Å². The largest absolute Gasteiger partial charge is 0.461 e. The van der Waals surface area contributed by atoms with E-state index in [1.807, 2.05) is 36.6 Å². The van der Waals surface area contributed by atoms with Crippen molar-refractivity contribution in [3.8, 4) is 11.3 Å². The third-order valence-corrected chi connectivity index (χ3v) is 8.26. The molecule has 5 nitrogen and oxygen atoms in total. The smallest absolute Gasteiger partial charge is 0.285 e. The number of furan rings is 1. The molecule has 4 aromatic rings. The summed E-state index contributed by atoms with van der Waals surface area (Å²) in [5.74, 6) is 0.309. The quantitative estimate of drug-likeness (QED) is 0.356. The first kappa shape index (κ1) is 21.2. The number of sulfonamides is 1. The first-order chi connectivity index (χ1) is 15.4. The zero-order valence-corrected chi connectivity index (χ0v) is 19.3. The standard InChI is InChI=1S/C24H23FN2O3S2/c1-16-23(20-9-5-6-10-22(20)30-16)21-15-31-24(27(21)18-7-3-2-4-8-18)26-32(28,29)19-13-11-17(25)12-14-19/h5-6,9-15,18H,2-4,7-8H2,1H3/b26-24+. The number of rotatable bonds is 4. The van der Waals surface area contributed by atoms with Crippen molar-refractivity contribution in [3.63, 3.8) is 0 Å². The van der Waals surface area contributed by atoms with Gasteiger partial charge >= 0.3 is 0 Å². The molecule has 0 atom stereocenters. The van der Waals surface area contributed by atoms with Crippen LogP contribution in [-0.4, -0.2) is 13.0 Å². The Morgan fingerprint density at radius 2 is 1.78 bits per heavy atom. The predicted octanol–water partition coefficient (Wildman–Crippen LogP) is 6.21. The molecule has 1 aliphatic carbocycles. The molecule has 2 heterocycles. The fourth-order valence-electron chi connectivity index (χ4n) is 4.51. The van der Waals surface area contributed by atoms with Crippen molar-refractivity contribution < 1.29 is 17.2 Å². The summed E-state index contributed by atoms with van der Waals surface area (Å²) >= 11 is 1.31. The molecule has 0 radical (unpaired) electrons. The number of hydrogen-bond acceptors (Lipinski definition) is 4. The molecule has 2 aromatic carbocycles. The van der Waals surface area contributed by atoms with Crippen LogP contribution in [0.1, 0.15) is 43.9 Å². The van der Waals surface area contributed by atoms with E-state index in [0.717, 1.165) is 65.8 Å². The van der Waals surface area contributed by atoms with Gasteiger partial charge < -0.3 is 8.98 Å². The Morgan fingerprint density at radius 1 is 1.06 bits per heavy atom. The van der Waals surface area contributed by atoms with Crippen molar-refractivity contribution >= 4 is 32.3 Å². The fourth-order valence-corrected chi connectivity index (χ4v) is 6.67. The van der Waals surface area contributed by atoms with Gasteiger partial charge in [0.1, 0.15) is 17.2 Å². The van der Waals surface area contributed by atoms with Gasteiger partial charge in [-0.25, -0.2) is 4.39 Å². The van der Waals surface area contributed by atoms with Crippen LogP contribution in [0.2, 0.25) is 0 Å². The van der Waals surface area contributed by atoms with Crippen LogP contribution in [0.4, 0.5) is 4.39 Å². The predicted molar refractivity (Wildman–Crippen MR) is 124 cm³/mol. The van der Waals surface area contributed by atoms with E-state index in [9.17, 15) is 12.8 Å². The highest BCUT2D eigenvalue weighted by molar-refractivity contribution is 7.90. The summed E-state index contributed by atoms with van der Waals surface area (Å²) in [5.41, 5.74) is 2.71. The van der Waals surface area contributed by atoms with Gasteiger partial charge in [-0.2, -0.15) is 8.42 Å². The van der Waals surface area contributed by atoms with Crippen molar-refractivity contribution in [2.75, 3.05) is 0 Å². The summed E-state index contributed by atoms with van der Waals surface area (Å²) in [7, 11) is -3.97. The van der Waals surface area contributed by atoms with E-state index in [1.54, 1.807) is 0 Å². The van der Waals surface area contributed by atoms with Crippen LogP contribution in [0.15, 0.2) is 67.6 Å². The summed E-state index contributed by atoms with van der Waals surface area (Å²) in [6.07, 6.45) is 5.33. The Morgan fingerprint density at radius 3 is 2.53 bits per heavy atom. The molecule has 1 saturated carbocycles. The second kappa shape index (κ2) is 8.33. The Bertz CT molecular complexity index is 1440. The lowest BCUT2D eigenvalue weighted by Gasteiger charge is -2.25. The monoisotopic (exact) mass is 470 g/mol. The fraction of sp³-hybridized carbons (Fsp3) is 0.292. The first-order valence-electron chi connectivity index (χ1n) is 10.7. The van der Waals surface area contributed by atoms with Crippen molar-refractivity contribution in [1.29, 1.82) is 0 Å². The molecule has 0 unspecified atom stereocenters. The highest BCUT2D eigenvalue weighted by Crippen LogP contribution is 2.38. The summed E-state index contributed by atoms with van der Waals surface area (Å²) in [5, 5.41) is 2.97. The molecule has 166 valence electrons. The highest BCUT2D eigenvalue weighted by Gasteiger charge is 2.25. The lowest BCUT2D eigenvalue weighted by Crippen LogP contribution is -2.25. The Kier molecular flexibility index (Phi) is 5.51. The van der Waals surface area contributed by atoms with E-state index < -0.39 is 15.8 Å². The molecular weight excluding hydrogens is 447 g/mol. The van der Waals surface area contributed by atoms with Gasteiger partial charge in [0.2, 0.25) is 4.80 Å². The van der Waals surface area contributed by atoms with Crippen molar-refractivity contribution in [2.45, 2.75) is 50.0 Å². The van der Waals surface area contributed by atoms with Gasteiger partial charge in [-0.05, 0) is 50.1 Å². The third-order valence-electron chi connectivity index (χ3n) is 6.02. The maximum atomic E-state index is 13.3. The number of para-hydroxylation sites is 1. The lowest BCUT2D eigenvalue weighted by molar-refractivity contribution is 0.351. The second-order valence-electron chi connectivity index (χ2n) is 8.12. The van der Waals surface area contributed by atoms with E-state index in [0.29, 0.717) is 4.80 Å². The summed E-state index contributed by atoms with van der Waals surface area (Å²) in [6, 6.07) is 12.8. The molecule has 5 rings (SSSR count). The number of benzene rings is 2. The van der Waals surface area contributed by atoms with Crippen LogP contribution in [-0.2, 0) is 10.0 Å². The zero-order valence-electron chi connectivity index (χ0n) is 17.6. The van der Waals surface area contributed by atoms with Crippen LogP contribution in [0.5, 0.6) is 0 Å². The Balaban J connectivity index is 1.72. The van der Waals surface area contributed by atoms with Crippen molar-refractivity contribution in [3.05, 3.63) is 70.3 Å². The summed E-state index contributed by atoms with van der Waals surface area (Å²) in [4.78, 5) is 0.412. The van der Waals surface area contributed by atoms with Crippen LogP contribution in [0, 0.1) is 12.7 Å². The van der Waals surface area contributed by atoms with Crippen molar-refractivity contribution in [1.82, 2.24) is 4.57 Å². The molecule has 0 N–H and O–H groups in total. The minimum absolute atomic E-state index is 0.0195. The van der Waals surface area contributed by atoms with Gasteiger partial charge in [-0.15, -0.1) is 15.7 Å². The number of nitrogens with zero attached hydrogens (tertiary/aromatic N) is 2. The summed E-state index contributed by atoms with van der Waals surface area (Å²) in [6.45, 7) is 1.93. The third kappa shape index (κ3) is 3.82. The maximum absolute atomic E-state index is 13.3. The van der Waals surface area contributed by atoms with E-state index in [-0.39, 0.29) is 10.9 Å². The maximum Gasteiger partial charge on any atom is 0.285 e. The number of hydrogen-bond donors (Lipinski definition) is 0. The average molecular weight is 471 g/mol. The zero-order chi connectivity index (χ0) is 22.3. The van der Waals surface area contributed by atoms with Crippen molar-refractivity contribution in [2.24, 2.45) is 4.40 Å². The Labute approximate surface area is 189 Å². The van der Waals surface area contributed by atoms with E-state index in [1.165, 1.54) is 29.9 Å². The van der Waals surface area contributed by atoms with E-state index >= 15 is 0 Å². The summed E-state index contributed by atoms with van der Waals surface area (Å²) < 4.78 is 51.6. The average Bonchev–Trinajstić information content (AvgIpc) is 3.33. The molecule has 32 heavy (non-hydrogen) atoms. The molecule has 0 spiro atoms. The molecule has 0 bridgehead atoms. The molecule has 1 aliphatic rings. The van der Waals surface area contributed by atoms with Crippen LogP contribution in [0.3, 0.4) is 0 Å². The normalized spacial score (nSPS) is 16.1. The van der Waals surface area contributed by atoms with E-state index in [4.69, 9.17) is 4.42 Å². The van der Waals surface area contributed by atoms with Gasteiger partial charge in [0.05, 0.1) is 10.6 Å². The number of thiazole rings is 1. The molecule has 8 heteroatoms. The molecule has 0 amide bonds. The van der Waals surface area contributed by atoms with Gasteiger partial charge in [-0.3, -0.25) is 0 Å². The number of aryl methyl sites for hydroxylation is 1. The minimum Gasteiger partial charge on any atom is -0.461 e. The van der Waals surface area contributed by atoms with Crippen LogP contribution >= 0.6 is 11.3 Å². The minimum atomic E-state index is -3.97. The van der Waals surface area contributed by atoms with E-state index in [2.05, 4.69) is 8.96 Å². The molecule has 1 fully saturated rings. The highest BCUT2D eigenvalue weighted by atomic mass is 32.2. The topological polar surface area (TPSA) is 64.6 Å². The van der Waals surface area contributed by atoms with Crippen LogP contribution in [0.25, 0.3) is 22.2 Å². The lowest BCUT2D eigenvalue weighted by atomic mass is 9.94. The van der Waals surface area contributed by atoms with Crippen LogP contribution < -0.4 is 4.80 Å². The molecular formula is C24H23FN2O3S2. The first-order valence-corrected chi connectivity index (χ1v) is 13.0. The Hall–Kier alpha value is -2.71. The molecule has 0 saturated heterocycles. The SMILES string of the molecule is Cc1oc2ccccc2c1-c1cs/c(=N/S(=O)(=O)c2ccc(F)cc2)n1C1CCCCC1. The van der Waals surface area contributed by atoms with Gasteiger partial charge in [0, 0.05) is 22.4 Å².